The van der Waals surface area contributed by atoms with Crippen molar-refractivity contribution in [3.63, 3.8) is 0 Å². The molecule has 1 aromatic heterocycles. The van der Waals surface area contributed by atoms with E-state index in [1.54, 1.807) is 29.7 Å². The van der Waals surface area contributed by atoms with E-state index >= 15 is 0 Å². The van der Waals surface area contributed by atoms with E-state index < -0.39 is 11.8 Å². The predicted molar refractivity (Wildman–Crippen MR) is 129 cm³/mol. The van der Waals surface area contributed by atoms with E-state index in [4.69, 9.17) is 9.94 Å². The number of para-hydroxylation sites is 1. The molecule has 4 rings (SSSR count). The van der Waals surface area contributed by atoms with Crippen molar-refractivity contribution in [3.05, 3.63) is 71.4 Å². The number of pyridine rings is 1. The minimum Gasteiger partial charge on any atom is -0.489 e. The van der Waals surface area contributed by atoms with E-state index in [0.29, 0.717) is 31.0 Å². The highest BCUT2D eigenvalue weighted by Gasteiger charge is 2.39. The van der Waals surface area contributed by atoms with Gasteiger partial charge in [-0.3, -0.25) is 24.7 Å². The third kappa shape index (κ3) is 5.18. The van der Waals surface area contributed by atoms with Crippen molar-refractivity contribution in [1.29, 1.82) is 0 Å². The maximum Gasteiger partial charge on any atom is 0.251 e. The molecule has 1 aliphatic heterocycles. The second-order valence-corrected chi connectivity index (χ2v) is 8.96. The molecular formula is C26H30N4O4. The van der Waals surface area contributed by atoms with Crippen LogP contribution in [0.1, 0.15) is 35.5 Å². The van der Waals surface area contributed by atoms with Crippen LogP contribution in [-0.4, -0.2) is 52.1 Å². The lowest BCUT2D eigenvalue weighted by atomic mass is 10.0. The average Bonchev–Trinajstić information content (AvgIpc) is 3.26. The normalized spacial score (nSPS) is 18.3. The van der Waals surface area contributed by atoms with Gasteiger partial charge in [0.25, 0.3) is 5.91 Å². The van der Waals surface area contributed by atoms with Crippen LogP contribution in [0.5, 0.6) is 5.75 Å². The zero-order chi connectivity index (χ0) is 24.2. The van der Waals surface area contributed by atoms with E-state index in [9.17, 15) is 9.59 Å². The largest absolute Gasteiger partial charge is 0.489 e. The number of aromatic nitrogens is 1. The lowest BCUT2D eigenvalue weighted by Crippen LogP contribution is -2.45. The zero-order valence-electron chi connectivity index (χ0n) is 19.6. The molecule has 1 saturated heterocycles. The van der Waals surface area contributed by atoms with Crippen LogP contribution in [0.2, 0.25) is 0 Å². The van der Waals surface area contributed by atoms with Crippen LogP contribution >= 0.6 is 0 Å². The fourth-order valence-corrected chi connectivity index (χ4v) is 4.38. The molecule has 0 bridgehead atoms. The summed E-state index contributed by atoms with van der Waals surface area (Å²) in [5, 5.41) is 13.1. The lowest BCUT2D eigenvalue weighted by Gasteiger charge is -2.20. The first kappa shape index (κ1) is 23.7. The van der Waals surface area contributed by atoms with Gasteiger partial charge in [0.05, 0.1) is 17.5 Å². The lowest BCUT2D eigenvalue weighted by molar-refractivity contribution is -0.133. The molecule has 2 atom stereocenters. The number of benzene rings is 2. The fraction of sp³-hybridized carbons (Fsp3) is 0.346. The molecule has 34 heavy (non-hydrogen) atoms. The fourth-order valence-electron chi connectivity index (χ4n) is 4.38. The maximum absolute atomic E-state index is 12.8. The number of carbonyl (C=O) groups excluding carboxylic acids is 2. The Bertz CT molecular complexity index is 1180. The Balaban J connectivity index is 1.41. The second-order valence-electron chi connectivity index (χ2n) is 8.96. The van der Waals surface area contributed by atoms with Gasteiger partial charge >= 0.3 is 0 Å². The Morgan fingerprint density at radius 3 is 2.59 bits per heavy atom. The summed E-state index contributed by atoms with van der Waals surface area (Å²) in [7, 11) is 0. The van der Waals surface area contributed by atoms with Crippen LogP contribution in [0.3, 0.4) is 0 Å². The molecule has 1 aliphatic rings. The van der Waals surface area contributed by atoms with Crippen LogP contribution in [0.25, 0.3) is 10.9 Å². The number of hydroxylamine groups is 1. The van der Waals surface area contributed by atoms with Crippen LogP contribution in [0.15, 0.2) is 54.6 Å². The molecule has 0 radical (unpaired) electrons. The Labute approximate surface area is 198 Å². The smallest absolute Gasteiger partial charge is 0.251 e. The summed E-state index contributed by atoms with van der Waals surface area (Å²) in [6.07, 6.45) is 0. The molecule has 2 heterocycles. The van der Waals surface area contributed by atoms with Crippen molar-refractivity contribution in [1.82, 2.24) is 20.7 Å². The predicted octanol–water partition coefficient (Wildman–Crippen LogP) is 3.07. The van der Waals surface area contributed by atoms with E-state index in [1.807, 2.05) is 51.1 Å². The number of hydrogen-bond donors (Lipinski definition) is 3. The maximum atomic E-state index is 12.8. The van der Waals surface area contributed by atoms with Crippen LogP contribution in [0.4, 0.5) is 0 Å². The SMILES string of the molecule is Cc1cc(COc2ccc(C(=O)NC3CN(C(C)C)CC3C(=O)NO)cc2)c2ccccc2n1. The Morgan fingerprint density at radius 1 is 1.15 bits per heavy atom. The third-order valence-electron chi connectivity index (χ3n) is 6.28. The highest BCUT2D eigenvalue weighted by Crippen LogP contribution is 2.22. The van der Waals surface area contributed by atoms with Crippen molar-refractivity contribution >= 4 is 22.7 Å². The summed E-state index contributed by atoms with van der Waals surface area (Å²) in [4.78, 5) is 31.6. The van der Waals surface area contributed by atoms with Crippen molar-refractivity contribution < 1.29 is 19.5 Å². The first-order valence-corrected chi connectivity index (χ1v) is 11.4. The van der Waals surface area contributed by atoms with E-state index in [2.05, 4.69) is 15.2 Å². The van der Waals surface area contributed by atoms with Gasteiger partial charge in [0.2, 0.25) is 5.91 Å². The quantitative estimate of drug-likeness (QED) is 0.368. The zero-order valence-corrected chi connectivity index (χ0v) is 19.6. The molecule has 2 unspecified atom stereocenters. The van der Waals surface area contributed by atoms with Crippen molar-refractivity contribution in [2.75, 3.05) is 13.1 Å². The minimum absolute atomic E-state index is 0.230. The molecule has 3 aromatic rings. The van der Waals surface area contributed by atoms with Gasteiger partial charge in [-0.05, 0) is 57.2 Å². The number of fused-ring (bicyclic) bond motifs is 1. The molecule has 0 saturated carbocycles. The van der Waals surface area contributed by atoms with Gasteiger partial charge in [-0.25, -0.2) is 5.48 Å². The molecule has 0 aliphatic carbocycles. The summed E-state index contributed by atoms with van der Waals surface area (Å²) >= 11 is 0. The average molecular weight is 463 g/mol. The monoisotopic (exact) mass is 462 g/mol. The summed E-state index contributed by atoms with van der Waals surface area (Å²) in [6.45, 7) is 7.44. The van der Waals surface area contributed by atoms with Crippen molar-refractivity contribution in [3.8, 4) is 5.75 Å². The Morgan fingerprint density at radius 2 is 1.88 bits per heavy atom. The number of amides is 2. The molecule has 0 spiro atoms. The van der Waals surface area contributed by atoms with E-state index in [0.717, 1.165) is 22.2 Å². The summed E-state index contributed by atoms with van der Waals surface area (Å²) < 4.78 is 5.98. The Kier molecular flexibility index (Phi) is 7.09. The van der Waals surface area contributed by atoms with Gasteiger partial charge in [0.15, 0.2) is 0 Å². The van der Waals surface area contributed by atoms with E-state index in [-0.39, 0.29) is 18.0 Å². The molecule has 8 nitrogen and oxygen atoms in total. The number of rotatable bonds is 7. The molecule has 1 fully saturated rings. The number of nitrogens with zero attached hydrogens (tertiary/aromatic N) is 2. The van der Waals surface area contributed by atoms with Crippen molar-refractivity contribution in [2.24, 2.45) is 5.92 Å². The summed E-state index contributed by atoms with van der Waals surface area (Å²) in [5.41, 5.74) is 5.11. The number of aryl methyl sites for hydroxylation is 1. The molecule has 2 amide bonds. The first-order chi connectivity index (χ1) is 16.4. The van der Waals surface area contributed by atoms with Crippen LogP contribution < -0.4 is 15.5 Å². The standard InChI is InChI=1S/C26H30N4O4/c1-16(2)30-13-22(26(32)29-33)24(14-30)28-25(31)18-8-10-20(11-9-18)34-15-19-12-17(3)27-23-7-5-4-6-21(19)23/h4-12,16,22,24,33H,13-15H2,1-3H3,(H,28,31)(H,29,32). The van der Waals surface area contributed by atoms with Gasteiger partial charge in [-0.2, -0.15) is 0 Å². The van der Waals surface area contributed by atoms with Crippen LogP contribution in [-0.2, 0) is 11.4 Å². The summed E-state index contributed by atoms with van der Waals surface area (Å²) in [6, 6.07) is 16.8. The number of carbonyl (C=O) groups is 2. The molecule has 178 valence electrons. The number of ether oxygens (including phenoxy) is 1. The van der Waals surface area contributed by atoms with Gasteiger partial charge in [0.1, 0.15) is 12.4 Å². The highest BCUT2D eigenvalue weighted by molar-refractivity contribution is 5.95. The molecular weight excluding hydrogens is 432 g/mol. The topological polar surface area (TPSA) is 104 Å². The molecule has 8 heteroatoms. The number of hydrogen-bond acceptors (Lipinski definition) is 6. The van der Waals surface area contributed by atoms with Gasteiger partial charge < -0.3 is 10.1 Å². The second kappa shape index (κ2) is 10.2. The van der Waals surface area contributed by atoms with Gasteiger partial charge in [0, 0.05) is 41.3 Å². The summed E-state index contributed by atoms with van der Waals surface area (Å²) in [5.74, 6) is -0.623. The molecule has 3 N–H and O–H groups in total. The third-order valence-corrected chi connectivity index (χ3v) is 6.28. The highest BCUT2D eigenvalue weighted by atomic mass is 16.5. The van der Waals surface area contributed by atoms with Crippen LogP contribution in [0, 0.1) is 12.8 Å². The molecule has 2 aromatic carbocycles. The number of nitrogens with one attached hydrogen (secondary N) is 2. The van der Waals surface area contributed by atoms with Crippen molar-refractivity contribution in [2.45, 2.75) is 39.5 Å². The first-order valence-electron chi connectivity index (χ1n) is 11.4. The minimum atomic E-state index is -0.516. The van der Waals surface area contributed by atoms with Gasteiger partial charge in [-0.15, -0.1) is 0 Å². The Hall–Kier alpha value is -3.49. The van der Waals surface area contributed by atoms with Gasteiger partial charge in [-0.1, -0.05) is 18.2 Å². The number of likely N-dealkylation sites (tertiary alicyclic amines) is 1. The van der Waals surface area contributed by atoms with E-state index in [1.165, 1.54) is 0 Å².